The molecule has 0 fully saturated rings. The summed E-state index contributed by atoms with van der Waals surface area (Å²) in [6.45, 7) is 0. The Balaban J connectivity index is 1.99. The van der Waals surface area contributed by atoms with E-state index in [0.717, 1.165) is 27.9 Å². The zero-order valence-corrected chi connectivity index (χ0v) is 13.9. The average molecular weight is 321 g/mol. The van der Waals surface area contributed by atoms with Crippen LogP contribution >= 0.6 is 0 Å². The van der Waals surface area contributed by atoms with Gasteiger partial charge in [-0.2, -0.15) is 0 Å². The predicted molar refractivity (Wildman–Crippen MR) is 107 cm³/mol. The molecule has 0 saturated heterocycles. The molecule has 0 radical (unpaired) electrons. The zero-order chi connectivity index (χ0) is 17.1. The summed E-state index contributed by atoms with van der Waals surface area (Å²) in [4.78, 5) is 0. The van der Waals surface area contributed by atoms with Gasteiger partial charge < -0.3 is 5.73 Å². The molecule has 0 spiro atoms. The number of benzene rings is 4. The van der Waals surface area contributed by atoms with Gasteiger partial charge in [-0.15, -0.1) is 0 Å². The van der Waals surface area contributed by atoms with Gasteiger partial charge in [0.1, 0.15) is 0 Å². The SMILES string of the molecule is Nc1cc(-c2ccccc2)cc(-c2ccccc2)c1-c1ccccc1. The minimum Gasteiger partial charge on any atom is -0.398 e. The summed E-state index contributed by atoms with van der Waals surface area (Å²) in [5.74, 6) is 0. The molecular formula is C24H19N. The molecule has 2 N–H and O–H groups in total. The summed E-state index contributed by atoms with van der Waals surface area (Å²) in [7, 11) is 0. The largest absolute Gasteiger partial charge is 0.398 e. The Labute approximate surface area is 148 Å². The first-order chi connectivity index (χ1) is 12.3. The number of rotatable bonds is 3. The molecule has 1 heteroatoms. The maximum atomic E-state index is 6.53. The van der Waals surface area contributed by atoms with Gasteiger partial charge in [0.2, 0.25) is 0 Å². The Morgan fingerprint density at radius 2 is 0.920 bits per heavy atom. The molecule has 4 aromatic carbocycles. The van der Waals surface area contributed by atoms with Gasteiger partial charge in [0.15, 0.2) is 0 Å². The highest BCUT2D eigenvalue weighted by Crippen LogP contribution is 2.40. The van der Waals surface area contributed by atoms with Crippen LogP contribution in [0.4, 0.5) is 5.69 Å². The van der Waals surface area contributed by atoms with Gasteiger partial charge in [0.25, 0.3) is 0 Å². The molecule has 0 bridgehead atoms. The molecule has 0 atom stereocenters. The first-order valence-corrected chi connectivity index (χ1v) is 8.43. The molecule has 120 valence electrons. The molecule has 0 aliphatic carbocycles. The van der Waals surface area contributed by atoms with Crippen molar-refractivity contribution < 1.29 is 0 Å². The van der Waals surface area contributed by atoms with Crippen molar-refractivity contribution in [3.8, 4) is 33.4 Å². The molecule has 0 aromatic heterocycles. The Morgan fingerprint density at radius 3 is 1.48 bits per heavy atom. The molecular weight excluding hydrogens is 302 g/mol. The monoisotopic (exact) mass is 321 g/mol. The number of anilines is 1. The van der Waals surface area contributed by atoms with E-state index in [1.165, 1.54) is 11.1 Å². The first-order valence-electron chi connectivity index (χ1n) is 8.43. The Kier molecular flexibility index (Phi) is 4.05. The molecule has 0 heterocycles. The highest BCUT2D eigenvalue weighted by Gasteiger charge is 2.13. The van der Waals surface area contributed by atoms with E-state index in [9.17, 15) is 0 Å². The summed E-state index contributed by atoms with van der Waals surface area (Å²) in [6, 6.07) is 35.5. The van der Waals surface area contributed by atoms with E-state index in [0.29, 0.717) is 0 Å². The molecule has 0 saturated carbocycles. The quantitative estimate of drug-likeness (QED) is 0.442. The molecule has 4 rings (SSSR count). The molecule has 4 aromatic rings. The molecule has 25 heavy (non-hydrogen) atoms. The fourth-order valence-corrected chi connectivity index (χ4v) is 3.23. The maximum absolute atomic E-state index is 6.53. The topological polar surface area (TPSA) is 26.0 Å². The zero-order valence-electron chi connectivity index (χ0n) is 13.9. The van der Waals surface area contributed by atoms with Crippen LogP contribution in [-0.4, -0.2) is 0 Å². The third kappa shape index (κ3) is 3.05. The van der Waals surface area contributed by atoms with Crippen molar-refractivity contribution in [2.45, 2.75) is 0 Å². The highest BCUT2D eigenvalue weighted by molar-refractivity contribution is 5.94. The van der Waals surface area contributed by atoms with Gasteiger partial charge >= 0.3 is 0 Å². The van der Waals surface area contributed by atoms with E-state index in [2.05, 4.69) is 84.9 Å². The minimum atomic E-state index is 0.798. The number of hydrogen-bond acceptors (Lipinski definition) is 1. The van der Waals surface area contributed by atoms with E-state index in [4.69, 9.17) is 5.73 Å². The summed E-state index contributed by atoms with van der Waals surface area (Å²) in [5, 5.41) is 0. The lowest BCUT2D eigenvalue weighted by Gasteiger charge is -2.16. The van der Waals surface area contributed by atoms with Crippen molar-refractivity contribution in [3.63, 3.8) is 0 Å². The van der Waals surface area contributed by atoms with E-state index in [1.807, 2.05) is 18.2 Å². The van der Waals surface area contributed by atoms with E-state index >= 15 is 0 Å². The van der Waals surface area contributed by atoms with Gasteiger partial charge in [-0.05, 0) is 39.9 Å². The van der Waals surface area contributed by atoms with Gasteiger partial charge in [-0.3, -0.25) is 0 Å². The van der Waals surface area contributed by atoms with Crippen LogP contribution in [-0.2, 0) is 0 Å². The minimum absolute atomic E-state index is 0.798. The Morgan fingerprint density at radius 1 is 0.440 bits per heavy atom. The maximum Gasteiger partial charge on any atom is 0.0406 e. The third-order valence-corrected chi connectivity index (χ3v) is 4.42. The molecule has 0 aliphatic rings. The van der Waals surface area contributed by atoms with Crippen molar-refractivity contribution >= 4 is 5.69 Å². The smallest absolute Gasteiger partial charge is 0.0406 e. The van der Waals surface area contributed by atoms with E-state index < -0.39 is 0 Å². The number of nitrogen functional groups attached to an aromatic ring is 1. The van der Waals surface area contributed by atoms with Gasteiger partial charge in [-0.1, -0.05) is 91.0 Å². The van der Waals surface area contributed by atoms with Crippen LogP contribution in [0.1, 0.15) is 0 Å². The lowest BCUT2D eigenvalue weighted by Crippen LogP contribution is -1.95. The van der Waals surface area contributed by atoms with Crippen molar-refractivity contribution in [2.24, 2.45) is 0 Å². The summed E-state index contributed by atoms with van der Waals surface area (Å²) >= 11 is 0. The lowest BCUT2D eigenvalue weighted by atomic mass is 9.89. The summed E-state index contributed by atoms with van der Waals surface area (Å²) in [5.41, 5.74) is 14.2. The van der Waals surface area contributed by atoms with Crippen LogP contribution in [0.3, 0.4) is 0 Å². The van der Waals surface area contributed by atoms with Crippen LogP contribution < -0.4 is 5.73 Å². The normalized spacial score (nSPS) is 10.6. The average Bonchev–Trinajstić information content (AvgIpc) is 2.69. The van der Waals surface area contributed by atoms with Crippen LogP contribution in [0.2, 0.25) is 0 Å². The second kappa shape index (κ2) is 6.66. The summed E-state index contributed by atoms with van der Waals surface area (Å²) < 4.78 is 0. The van der Waals surface area contributed by atoms with Crippen molar-refractivity contribution in [1.29, 1.82) is 0 Å². The van der Waals surface area contributed by atoms with Crippen molar-refractivity contribution in [1.82, 2.24) is 0 Å². The van der Waals surface area contributed by atoms with Crippen molar-refractivity contribution in [2.75, 3.05) is 5.73 Å². The van der Waals surface area contributed by atoms with E-state index in [1.54, 1.807) is 0 Å². The number of hydrogen-bond donors (Lipinski definition) is 1. The summed E-state index contributed by atoms with van der Waals surface area (Å²) in [6.07, 6.45) is 0. The number of nitrogens with two attached hydrogens (primary N) is 1. The van der Waals surface area contributed by atoms with E-state index in [-0.39, 0.29) is 0 Å². The standard InChI is InChI=1S/C24H19N/c25-23-17-21(18-10-4-1-5-11-18)16-22(19-12-6-2-7-13-19)24(23)20-14-8-3-9-15-20/h1-17H,25H2. The Hall–Kier alpha value is -3.32. The van der Waals surface area contributed by atoms with Gasteiger partial charge in [-0.25, -0.2) is 0 Å². The third-order valence-electron chi connectivity index (χ3n) is 4.42. The molecule has 0 aliphatic heterocycles. The lowest BCUT2D eigenvalue weighted by molar-refractivity contribution is 1.56. The van der Waals surface area contributed by atoms with Crippen molar-refractivity contribution in [3.05, 3.63) is 103 Å². The fraction of sp³-hybridized carbons (Fsp3) is 0. The van der Waals surface area contributed by atoms with Crippen LogP contribution in [0, 0.1) is 0 Å². The van der Waals surface area contributed by atoms with Gasteiger partial charge in [0.05, 0.1) is 0 Å². The molecule has 1 nitrogen and oxygen atoms in total. The fourth-order valence-electron chi connectivity index (χ4n) is 3.23. The van der Waals surface area contributed by atoms with Crippen LogP contribution in [0.5, 0.6) is 0 Å². The first kappa shape index (κ1) is 15.2. The van der Waals surface area contributed by atoms with Crippen LogP contribution in [0.25, 0.3) is 33.4 Å². The second-order valence-corrected chi connectivity index (χ2v) is 6.09. The second-order valence-electron chi connectivity index (χ2n) is 6.09. The van der Waals surface area contributed by atoms with Crippen LogP contribution in [0.15, 0.2) is 103 Å². The highest BCUT2D eigenvalue weighted by atomic mass is 14.6. The molecule has 0 unspecified atom stereocenters. The molecule has 0 amide bonds. The van der Waals surface area contributed by atoms with Gasteiger partial charge in [0, 0.05) is 11.3 Å². The predicted octanol–water partition coefficient (Wildman–Crippen LogP) is 6.27. The Bertz CT molecular complexity index is 974.